The molecule has 0 amide bonds. The SMILES string of the molecule is CC1=CC(C)(C)N(S(=O)(=O)c2ccc(C)cc2)N1. The largest absolute Gasteiger partial charge is 0.309 e. The summed E-state index contributed by atoms with van der Waals surface area (Å²) in [5, 5.41) is 0. The standard InChI is InChI=1S/C13H18N2O2S/c1-10-5-7-12(8-6-10)18(16,17)15-13(3,4)9-11(2)14-15/h5-9,14H,1-4H3. The average molecular weight is 266 g/mol. The summed E-state index contributed by atoms with van der Waals surface area (Å²) in [4.78, 5) is 0.303. The van der Waals surface area contributed by atoms with E-state index in [1.165, 1.54) is 4.41 Å². The molecule has 4 nitrogen and oxygen atoms in total. The van der Waals surface area contributed by atoms with Gasteiger partial charge in [0.15, 0.2) is 0 Å². The van der Waals surface area contributed by atoms with E-state index in [-0.39, 0.29) is 0 Å². The van der Waals surface area contributed by atoms with Gasteiger partial charge in [0.05, 0.1) is 10.4 Å². The number of hydrogen-bond acceptors (Lipinski definition) is 3. The van der Waals surface area contributed by atoms with Crippen molar-refractivity contribution in [1.82, 2.24) is 9.84 Å². The molecule has 0 spiro atoms. The van der Waals surface area contributed by atoms with Gasteiger partial charge in [-0.15, -0.1) is 4.41 Å². The van der Waals surface area contributed by atoms with Crippen LogP contribution in [0.2, 0.25) is 0 Å². The number of hydrogen-bond donors (Lipinski definition) is 1. The zero-order valence-corrected chi connectivity index (χ0v) is 11.9. The van der Waals surface area contributed by atoms with E-state index < -0.39 is 15.6 Å². The molecule has 0 radical (unpaired) electrons. The Balaban J connectivity index is 2.42. The van der Waals surface area contributed by atoms with Crippen LogP contribution in [0.1, 0.15) is 26.3 Å². The summed E-state index contributed by atoms with van der Waals surface area (Å²) in [6.07, 6.45) is 1.90. The maximum atomic E-state index is 12.5. The predicted octanol–water partition coefficient (Wildman–Crippen LogP) is 2.19. The highest BCUT2D eigenvalue weighted by molar-refractivity contribution is 7.89. The molecule has 1 aliphatic rings. The summed E-state index contributed by atoms with van der Waals surface area (Å²) < 4.78 is 26.4. The molecule has 5 heteroatoms. The molecule has 1 aromatic rings. The molecule has 0 saturated carbocycles. The Kier molecular flexibility index (Phi) is 2.99. The number of allylic oxidation sites excluding steroid dienone is 1. The summed E-state index contributed by atoms with van der Waals surface area (Å²) in [7, 11) is -3.53. The second kappa shape index (κ2) is 4.10. The third-order valence-electron chi connectivity index (χ3n) is 2.93. The average Bonchev–Trinajstić information content (AvgIpc) is 2.53. The van der Waals surface area contributed by atoms with Gasteiger partial charge in [-0.2, -0.15) is 0 Å². The minimum Gasteiger partial charge on any atom is -0.309 e. The Morgan fingerprint density at radius 1 is 1.11 bits per heavy atom. The van der Waals surface area contributed by atoms with Crippen molar-refractivity contribution in [2.24, 2.45) is 0 Å². The smallest absolute Gasteiger partial charge is 0.260 e. The van der Waals surface area contributed by atoms with Crippen LogP contribution in [-0.2, 0) is 10.0 Å². The van der Waals surface area contributed by atoms with Gasteiger partial charge in [0.25, 0.3) is 10.0 Å². The predicted molar refractivity (Wildman–Crippen MR) is 71.2 cm³/mol. The highest BCUT2D eigenvalue weighted by Crippen LogP contribution is 2.29. The monoisotopic (exact) mass is 266 g/mol. The molecule has 1 heterocycles. The first-order valence-electron chi connectivity index (χ1n) is 5.82. The van der Waals surface area contributed by atoms with Gasteiger partial charge in [0.2, 0.25) is 0 Å². The Hall–Kier alpha value is -1.33. The first-order chi connectivity index (χ1) is 8.23. The van der Waals surface area contributed by atoms with E-state index in [1.807, 2.05) is 33.8 Å². The summed E-state index contributed by atoms with van der Waals surface area (Å²) in [6, 6.07) is 6.87. The molecule has 0 saturated heterocycles. The maximum Gasteiger partial charge on any atom is 0.260 e. The van der Waals surface area contributed by atoms with Gasteiger partial charge in [-0.05, 0) is 45.9 Å². The number of nitrogens with one attached hydrogen (secondary N) is 1. The molecular formula is C13H18N2O2S. The van der Waals surface area contributed by atoms with Gasteiger partial charge in [-0.25, -0.2) is 8.42 Å². The van der Waals surface area contributed by atoms with Crippen LogP contribution in [0.5, 0.6) is 0 Å². The molecule has 0 aliphatic carbocycles. The molecule has 98 valence electrons. The summed E-state index contributed by atoms with van der Waals surface area (Å²) in [5.41, 5.74) is 4.22. The third-order valence-corrected chi connectivity index (χ3v) is 4.84. The van der Waals surface area contributed by atoms with Crippen LogP contribution in [0, 0.1) is 6.92 Å². The van der Waals surface area contributed by atoms with Crippen LogP contribution in [-0.4, -0.2) is 18.4 Å². The van der Waals surface area contributed by atoms with Crippen LogP contribution in [0.3, 0.4) is 0 Å². The molecule has 0 bridgehead atoms. The molecule has 0 aromatic heterocycles. The molecule has 1 N–H and O–H groups in total. The first-order valence-corrected chi connectivity index (χ1v) is 7.26. The van der Waals surface area contributed by atoms with Crippen molar-refractivity contribution < 1.29 is 8.42 Å². The van der Waals surface area contributed by atoms with Gasteiger partial charge in [-0.1, -0.05) is 17.7 Å². The fourth-order valence-electron chi connectivity index (χ4n) is 2.11. The molecule has 2 rings (SSSR count). The highest BCUT2D eigenvalue weighted by atomic mass is 32.2. The first kappa shape index (κ1) is 13.1. The van der Waals surface area contributed by atoms with E-state index >= 15 is 0 Å². The molecule has 18 heavy (non-hydrogen) atoms. The minimum atomic E-state index is -3.53. The maximum absolute atomic E-state index is 12.5. The van der Waals surface area contributed by atoms with Crippen molar-refractivity contribution in [2.45, 2.75) is 38.1 Å². The van der Waals surface area contributed by atoms with Crippen molar-refractivity contribution in [3.05, 3.63) is 41.6 Å². The van der Waals surface area contributed by atoms with Crippen molar-refractivity contribution in [1.29, 1.82) is 0 Å². The van der Waals surface area contributed by atoms with Crippen LogP contribution in [0.25, 0.3) is 0 Å². The highest BCUT2D eigenvalue weighted by Gasteiger charge is 2.40. The molecule has 0 fully saturated rings. The number of hydrazine groups is 1. The van der Waals surface area contributed by atoms with Gasteiger partial charge >= 0.3 is 0 Å². The molecular weight excluding hydrogens is 248 g/mol. The molecule has 1 aromatic carbocycles. The number of rotatable bonds is 2. The number of aryl methyl sites for hydroxylation is 1. The van der Waals surface area contributed by atoms with E-state index in [9.17, 15) is 8.42 Å². The van der Waals surface area contributed by atoms with Gasteiger partial charge in [0.1, 0.15) is 0 Å². The van der Waals surface area contributed by atoms with Crippen LogP contribution >= 0.6 is 0 Å². The van der Waals surface area contributed by atoms with Crippen molar-refractivity contribution in [2.75, 3.05) is 0 Å². The lowest BCUT2D eigenvalue weighted by atomic mass is 10.1. The van der Waals surface area contributed by atoms with E-state index in [2.05, 4.69) is 5.43 Å². The lowest BCUT2D eigenvalue weighted by molar-refractivity contribution is 0.260. The second-order valence-corrected chi connectivity index (χ2v) is 6.96. The molecule has 0 unspecified atom stereocenters. The fourth-order valence-corrected chi connectivity index (χ4v) is 3.74. The van der Waals surface area contributed by atoms with E-state index in [0.29, 0.717) is 4.90 Å². The zero-order chi connectivity index (χ0) is 13.6. The lowest BCUT2D eigenvalue weighted by Crippen LogP contribution is -2.48. The Bertz CT molecular complexity index is 586. The topological polar surface area (TPSA) is 49.4 Å². The van der Waals surface area contributed by atoms with Crippen molar-refractivity contribution in [3.8, 4) is 0 Å². The van der Waals surface area contributed by atoms with E-state index in [1.54, 1.807) is 24.3 Å². The van der Waals surface area contributed by atoms with E-state index in [0.717, 1.165) is 11.3 Å². The summed E-state index contributed by atoms with van der Waals surface area (Å²) >= 11 is 0. The van der Waals surface area contributed by atoms with Gasteiger partial charge in [0, 0.05) is 5.70 Å². The zero-order valence-electron chi connectivity index (χ0n) is 11.1. The van der Waals surface area contributed by atoms with Crippen LogP contribution in [0.4, 0.5) is 0 Å². The van der Waals surface area contributed by atoms with E-state index in [4.69, 9.17) is 0 Å². The lowest BCUT2D eigenvalue weighted by Gasteiger charge is -2.29. The number of nitrogens with zero attached hydrogens (tertiary/aromatic N) is 1. The second-order valence-electron chi connectivity index (χ2n) is 5.18. The number of benzene rings is 1. The third kappa shape index (κ3) is 2.15. The van der Waals surface area contributed by atoms with Crippen molar-refractivity contribution >= 4 is 10.0 Å². The molecule has 0 atom stereocenters. The fraction of sp³-hybridized carbons (Fsp3) is 0.385. The Morgan fingerprint density at radius 3 is 2.11 bits per heavy atom. The van der Waals surface area contributed by atoms with Gasteiger partial charge < -0.3 is 5.43 Å². The number of sulfonamides is 1. The Morgan fingerprint density at radius 2 is 1.67 bits per heavy atom. The quantitative estimate of drug-likeness (QED) is 0.892. The van der Waals surface area contributed by atoms with Crippen LogP contribution in [0.15, 0.2) is 40.9 Å². The minimum absolute atomic E-state index is 0.303. The molecule has 1 aliphatic heterocycles. The van der Waals surface area contributed by atoms with Crippen LogP contribution < -0.4 is 5.43 Å². The van der Waals surface area contributed by atoms with Crippen molar-refractivity contribution in [3.63, 3.8) is 0 Å². The Labute approximate surface area is 108 Å². The summed E-state index contributed by atoms with van der Waals surface area (Å²) in [6.45, 7) is 7.51. The van der Waals surface area contributed by atoms with Gasteiger partial charge in [-0.3, -0.25) is 0 Å². The summed E-state index contributed by atoms with van der Waals surface area (Å²) in [5.74, 6) is 0. The normalized spacial score (nSPS) is 19.4.